The summed E-state index contributed by atoms with van der Waals surface area (Å²) in [7, 11) is 0. The number of pyridine rings is 1. The fourth-order valence-electron chi connectivity index (χ4n) is 2.51. The number of anilines is 2. The second kappa shape index (κ2) is 8.21. The van der Waals surface area contributed by atoms with Crippen LogP contribution in [0.3, 0.4) is 0 Å². The molecule has 0 saturated heterocycles. The molecule has 1 atom stereocenters. The number of rotatable bonds is 5. The molecule has 0 fully saturated rings. The first-order valence-corrected chi connectivity index (χ1v) is 8.82. The standard InChI is InChI=1S/C20H17Cl2N3O/c1-13(14-5-3-2-4-6-14)24-17-7-8-19(23-12-17)20(26)25-18-10-15(21)9-16(22)11-18/h2-13,24H,1H3,(H,25,26). The Morgan fingerprint density at radius 1 is 0.962 bits per heavy atom. The normalized spacial score (nSPS) is 11.7. The third-order valence-corrected chi connectivity index (χ3v) is 4.24. The molecule has 3 aromatic rings. The minimum absolute atomic E-state index is 0.131. The van der Waals surface area contributed by atoms with Crippen LogP contribution in [0.15, 0.2) is 66.9 Å². The van der Waals surface area contributed by atoms with E-state index >= 15 is 0 Å². The predicted molar refractivity (Wildman–Crippen MR) is 107 cm³/mol. The van der Waals surface area contributed by atoms with Gasteiger partial charge in [0.25, 0.3) is 5.91 Å². The fraction of sp³-hybridized carbons (Fsp3) is 0.100. The van der Waals surface area contributed by atoms with Crippen molar-refractivity contribution in [3.05, 3.63) is 88.2 Å². The summed E-state index contributed by atoms with van der Waals surface area (Å²) in [5, 5.41) is 7.00. The summed E-state index contributed by atoms with van der Waals surface area (Å²) < 4.78 is 0. The van der Waals surface area contributed by atoms with Crippen molar-refractivity contribution in [1.82, 2.24) is 4.98 Å². The highest BCUT2D eigenvalue weighted by atomic mass is 35.5. The van der Waals surface area contributed by atoms with Crippen molar-refractivity contribution in [2.75, 3.05) is 10.6 Å². The summed E-state index contributed by atoms with van der Waals surface area (Å²) >= 11 is 11.9. The highest BCUT2D eigenvalue weighted by molar-refractivity contribution is 6.35. The molecular formula is C20H17Cl2N3O. The van der Waals surface area contributed by atoms with Gasteiger partial charge in [-0.2, -0.15) is 0 Å². The van der Waals surface area contributed by atoms with Gasteiger partial charge in [-0.3, -0.25) is 4.79 Å². The van der Waals surface area contributed by atoms with Crippen LogP contribution in [0.25, 0.3) is 0 Å². The number of nitrogens with zero attached hydrogens (tertiary/aromatic N) is 1. The average Bonchev–Trinajstić information content (AvgIpc) is 2.62. The van der Waals surface area contributed by atoms with Crippen LogP contribution in [-0.4, -0.2) is 10.9 Å². The van der Waals surface area contributed by atoms with Gasteiger partial charge in [0, 0.05) is 21.8 Å². The van der Waals surface area contributed by atoms with Crippen LogP contribution in [0.4, 0.5) is 11.4 Å². The SMILES string of the molecule is CC(Nc1ccc(C(=O)Nc2cc(Cl)cc(Cl)c2)nc1)c1ccccc1. The monoisotopic (exact) mass is 385 g/mol. The minimum Gasteiger partial charge on any atom is -0.377 e. The Balaban J connectivity index is 1.66. The fourth-order valence-corrected chi connectivity index (χ4v) is 3.04. The molecule has 0 spiro atoms. The highest BCUT2D eigenvalue weighted by Gasteiger charge is 2.10. The van der Waals surface area contributed by atoms with Crippen molar-refractivity contribution < 1.29 is 4.79 Å². The van der Waals surface area contributed by atoms with E-state index in [1.54, 1.807) is 30.5 Å². The molecule has 0 aliphatic carbocycles. The van der Waals surface area contributed by atoms with Crippen LogP contribution < -0.4 is 10.6 Å². The van der Waals surface area contributed by atoms with E-state index in [1.807, 2.05) is 24.3 Å². The summed E-state index contributed by atoms with van der Waals surface area (Å²) in [6, 6.07) is 18.6. The number of hydrogen-bond acceptors (Lipinski definition) is 3. The molecule has 3 rings (SSSR count). The smallest absolute Gasteiger partial charge is 0.274 e. The molecule has 0 aliphatic heterocycles. The van der Waals surface area contributed by atoms with Crippen LogP contribution in [0.1, 0.15) is 29.0 Å². The molecule has 0 saturated carbocycles. The molecule has 1 heterocycles. The van der Waals surface area contributed by atoms with Crippen LogP contribution in [0, 0.1) is 0 Å². The van der Waals surface area contributed by atoms with Crippen LogP contribution in [0.2, 0.25) is 10.0 Å². The molecule has 26 heavy (non-hydrogen) atoms. The zero-order valence-corrected chi connectivity index (χ0v) is 15.6. The summed E-state index contributed by atoms with van der Waals surface area (Å²) in [5.74, 6) is -0.328. The zero-order chi connectivity index (χ0) is 18.5. The Labute approximate surface area is 162 Å². The Morgan fingerprint density at radius 2 is 1.65 bits per heavy atom. The van der Waals surface area contributed by atoms with E-state index in [2.05, 4.69) is 34.7 Å². The first-order chi connectivity index (χ1) is 12.5. The Morgan fingerprint density at radius 3 is 2.27 bits per heavy atom. The lowest BCUT2D eigenvalue weighted by molar-refractivity contribution is 0.102. The number of aromatic nitrogens is 1. The van der Waals surface area contributed by atoms with Gasteiger partial charge in [0.1, 0.15) is 5.69 Å². The first-order valence-electron chi connectivity index (χ1n) is 8.06. The van der Waals surface area contributed by atoms with E-state index in [0.717, 1.165) is 5.69 Å². The minimum atomic E-state index is -0.328. The van der Waals surface area contributed by atoms with Crippen LogP contribution in [0.5, 0.6) is 0 Å². The molecule has 1 unspecified atom stereocenters. The van der Waals surface area contributed by atoms with Gasteiger partial charge in [-0.1, -0.05) is 53.5 Å². The zero-order valence-electron chi connectivity index (χ0n) is 14.0. The number of amides is 1. The molecule has 4 nitrogen and oxygen atoms in total. The Kier molecular flexibility index (Phi) is 5.76. The van der Waals surface area contributed by atoms with Crippen molar-refractivity contribution in [3.8, 4) is 0 Å². The molecule has 6 heteroatoms. The molecule has 1 aromatic heterocycles. The molecule has 2 aromatic carbocycles. The van der Waals surface area contributed by atoms with Gasteiger partial charge in [0.05, 0.1) is 11.9 Å². The molecule has 0 radical (unpaired) electrons. The predicted octanol–water partition coefficient (Wildman–Crippen LogP) is 5.81. The number of nitrogens with one attached hydrogen (secondary N) is 2. The molecule has 2 N–H and O–H groups in total. The topological polar surface area (TPSA) is 54.0 Å². The van der Waals surface area contributed by atoms with E-state index in [4.69, 9.17) is 23.2 Å². The highest BCUT2D eigenvalue weighted by Crippen LogP contribution is 2.23. The largest absolute Gasteiger partial charge is 0.377 e. The van der Waals surface area contributed by atoms with Crippen LogP contribution >= 0.6 is 23.2 Å². The van der Waals surface area contributed by atoms with Gasteiger partial charge in [-0.05, 0) is 42.8 Å². The number of carbonyl (C=O) groups excluding carboxylic acids is 1. The molecule has 132 valence electrons. The van der Waals surface area contributed by atoms with E-state index < -0.39 is 0 Å². The van der Waals surface area contributed by atoms with Gasteiger partial charge < -0.3 is 10.6 Å². The maximum atomic E-state index is 12.3. The lowest BCUT2D eigenvalue weighted by Crippen LogP contribution is -2.14. The van der Waals surface area contributed by atoms with Crippen LogP contribution in [-0.2, 0) is 0 Å². The average molecular weight is 386 g/mol. The number of halogens is 2. The number of hydrogen-bond donors (Lipinski definition) is 2. The van der Waals surface area contributed by atoms with Crippen molar-refractivity contribution in [1.29, 1.82) is 0 Å². The maximum absolute atomic E-state index is 12.3. The molecule has 0 aliphatic rings. The number of benzene rings is 2. The van der Waals surface area contributed by atoms with Gasteiger partial charge in [0.2, 0.25) is 0 Å². The van der Waals surface area contributed by atoms with E-state index in [0.29, 0.717) is 21.4 Å². The van der Waals surface area contributed by atoms with Crippen molar-refractivity contribution in [3.63, 3.8) is 0 Å². The Bertz CT molecular complexity index is 878. The summed E-state index contributed by atoms with van der Waals surface area (Å²) in [6.45, 7) is 2.07. The van der Waals surface area contributed by atoms with Crippen molar-refractivity contribution in [2.24, 2.45) is 0 Å². The summed E-state index contributed by atoms with van der Waals surface area (Å²) in [5.41, 5.74) is 2.84. The third kappa shape index (κ3) is 4.75. The molecular weight excluding hydrogens is 369 g/mol. The molecule has 1 amide bonds. The first kappa shape index (κ1) is 18.2. The molecule has 0 bridgehead atoms. The number of carbonyl (C=O) groups is 1. The van der Waals surface area contributed by atoms with Crippen molar-refractivity contribution >= 4 is 40.5 Å². The van der Waals surface area contributed by atoms with Gasteiger partial charge >= 0.3 is 0 Å². The van der Waals surface area contributed by atoms with Gasteiger partial charge in [-0.15, -0.1) is 0 Å². The second-order valence-electron chi connectivity index (χ2n) is 5.82. The van der Waals surface area contributed by atoms with Crippen molar-refractivity contribution in [2.45, 2.75) is 13.0 Å². The van der Waals surface area contributed by atoms with E-state index in [9.17, 15) is 4.79 Å². The summed E-state index contributed by atoms with van der Waals surface area (Å²) in [4.78, 5) is 16.5. The Hall–Kier alpha value is -2.56. The summed E-state index contributed by atoms with van der Waals surface area (Å²) in [6.07, 6.45) is 1.64. The third-order valence-electron chi connectivity index (χ3n) is 3.80. The quantitative estimate of drug-likeness (QED) is 0.582. The maximum Gasteiger partial charge on any atom is 0.274 e. The lowest BCUT2D eigenvalue weighted by atomic mass is 10.1. The lowest BCUT2D eigenvalue weighted by Gasteiger charge is -2.15. The van der Waals surface area contributed by atoms with E-state index in [1.165, 1.54) is 5.56 Å². The van der Waals surface area contributed by atoms with E-state index in [-0.39, 0.29) is 11.9 Å². The van der Waals surface area contributed by atoms with Gasteiger partial charge in [0.15, 0.2) is 0 Å². The van der Waals surface area contributed by atoms with Gasteiger partial charge in [-0.25, -0.2) is 4.98 Å². The second-order valence-corrected chi connectivity index (χ2v) is 6.69.